The first kappa shape index (κ1) is 14.9. The van der Waals surface area contributed by atoms with Crippen molar-refractivity contribution in [1.82, 2.24) is 0 Å². The molecule has 1 N–H and O–H groups in total. The van der Waals surface area contributed by atoms with Gasteiger partial charge >= 0.3 is 6.18 Å². The molecule has 5 heteroatoms. The van der Waals surface area contributed by atoms with Crippen LogP contribution in [0, 0.1) is 0 Å². The number of rotatable bonds is 2. The Labute approximate surface area is 119 Å². The van der Waals surface area contributed by atoms with Gasteiger partial charge in [0.05, 0.1) is 5.56 Å². The lowest BCUT2D eigenvalue weighted by Gasteiger charge is -2.27. The molecule has 1 atom stereocenters. The number of benzene rings is 2. The average molecular weight is 301 g/mol. The third kappa shape index (κ3) is 2.81. The molecular formula is C15H12ClF3O. The smallest absolute Gasteiger partial charge is 0.381 e. The first-order chi connectivity index (χ1) is 9.23. The van der Waals surface area contributed by atoms with Crippen LogP contribution in [0.3, 0.4) is 0 Å². The fraction of sp³-hybridized carbons (Fsp3) is 0.200. The highest BCUT2D eigenvalue weighted by Crippen LogP contribution is 2.39. The summed E-state index contributed by atoms with van der Waals surface area (Å²) in [6.45, 7) is 1.33. The fourth-order valence-electron chi connectivity index (χ4n) is 2.08. The minimum absolute atomic E-state index is 0.185. The molecule has 0 heterocycles. The van der Waals surface area contributed by atoms with Gasteiger partial charge in [0, 0.05) is 5.02 Å². The Kier molecular flexibility index (Phi) is 3.80. The molecule has 0 saturated heterocycles. The van der Waals surface area contributed by atoms with Gasteiger partial charge in [0.2, 0.25) is 0 Å². The highest BCUT2D eigenvalue weighted by molar-refractivity contribution is 6.30. The molecule has 1 nitrogen and oxygen atoms in total. The largest absolute Gasteiger partial charge is 0.416 e. The number of halogens is 4. The van der Waals surface area contributed by atoms with Crippen LogP contribution in [0.15, 0.2) is 48.5 Å². The third-order valence-corrected chi connectivity index (χ3v) is 3.42. The van der Waals surface area contributed by atoms with Crippen LogP contribution < -0.4 is 0 Å². The lowest BCUT2D eigenvalue weighted by atomic mass is 9.85. The van der Waals surface area contributed by atoms with Gasteiger partial charge < -0.3 is 5.11 Å². The molecule has 0 aromatic heterocycles. The second-order valence-corrected chi connectivity index (χ2v) is 5.06. The number of aliphatic hydroxyl groups is 1. The molecule has 0 aliphatic carbocycles. The van der Waals surface area contributed by atoms with Crippen molar-refractivity contribution in [2.24, 2.45) is 0 Å². The average Bonchev–Trinajstić information content (AvgIpc) is 2.38. The SMILES string of the molecule is CC(O)(c1ccc(Cl)cc1)c1ccccc1C(F)(F)F. The minimum Gasteiger partial charge on any atom is -0.381 e. The normalized spacial score (nSPS) is 14.9. The first-order valence-corrected chi connectivity index (χ1v) is 6.26. The van der Waals surface area contributed by atoms with Crippen LogP contribution in [0.2, 0.25) is 5.02 Å². The van der Waals surface area contributed by atoms with Crippen molar-refractivity contribution < 1.29 is 18.3 Å². The summed E-state index contributed by atoms with van der Waals surface area (Å²) >= 11 is 5.75. The summed E-state index contributed by atoms with van der Waals surface area (Å²) in [4.78, 5) is 0. The van der Waals surface area contributed by atoms with Crippen LogP contribution in [-0.4, -0.2) is 5.11 Å². The predicted molar refractivity (Wildman–Crippen MR) is 71.6 cm³/mol. The Morgan fingerprint density at radius 1 is 0.900 bits per heavy atom. The van der Waals surface area contributed by atoms with Crippen LogP contribution in [0.5, 0.6) is 0 Å². The van der Waals surface area contributed by atoms with Crippen molar-refractivity contribution in [1.29, 1.82) is 0 Å². The van der Waals surface area contributed by atoms with E-state index in [0.29, 0.717) is 10.6 Å². The van der Waals surface area contributed by atoms with Crippen molar-refractivity contribution in [3.8, 4) is 0 Å². The number of hydrogen-bond acceptors (Lipinski definition) is 1. The van der Waals surface area contributed by atoms with Gasteiger partial charge in [0.25, 0.3) is 0 Å². The molecule has 0 amide bonds. The van der Waals surface area contributed by atoms with E-state index in [-0.39, 0.29) is 5.56 Å². The monoisotopic (exact) mass is 300 g/mol. The van der Waals surface area contributed by atoms with Crippen molar-refractivity contribution in [2.45, 2.75) is 18.7 Å². The summed E-state index contributed by atoms with van der Waals surface area (Å²) in [7, 11) is 0. The van der Waals surface area contributed by atoms with Gasteiger partial charge in [0.15, 0.2) is 0 Å². The Hall–Kier alpha value is -1.52. The van der Waals surface area contributed by atoms with E-state index >= 15 is 0 Å². The van der Waals surface area contributed by atoms with Gasteiger partial charge in [-0.05, 0) is 36.2 Å². The zero-order chi connectivity index (χ0) is 15.0. The molecule has 0 saturated carbocycles. The van der Waals surface area contributed by atoms with Gasteiger partial charge in [-0.3, -0.25) is 0 Å². The van der Waals surface area contributed by atoms with Crippen LogP contribution in [0.4, 0.5) is 13.2 Å². The van der Waals surface area contributed by atoms with Gasteiger partial charge in [-0.2, -0.15) is 13.2 Å². The van der Waals surface area contributed by atoms with E-state index in [4.69, 9.17) is 11.6 Å². The van der Waals surface area contributed by atoms with Crippen molar-refractivity contribution in [3.63, 3.8) is 0 Å². The molecule has 0 radical (unpaired) electrons. The molecule has 2 rings (SSSR count). The Bertz CT molecular complexity index is 603. The third-order valence-electron chi connectivity index (χ3n) is 3.16. The van der Waals surface area contributed by atoms with Crippen LogP contribution in [0.25, 0.3) is 0 Å². The zero-order valence-corrected chi connectivity index (χ0v) is 11.3. The Morgan fingerprint density at radius 3 is 1.90 bits per heavy atom. The maximum Gasteiger partial charge on any atom is 0.416 e. The van der Waals surface area contributed by atoms with E-state index in [9.17, 15) is 18.3 Å². The van der Waals surface area contributed by atoms with E-state index in [1.807, 2.05) is 0 Å². The lowest BCUT2D eigenvalue weighted by Crippen LogP contribution is -2.26. The number of hydrogen-bond donors (Lipinski definition) is 1. The molecule has 0 aliphatic rings. The van der Waals surface area contributed by atoms with Gasteiger partial charge in [-0.15, -0.1) is 0 Å². The summed E-state index contributed by atoms with van der Waals surface area (Å²) in [5.41, 5.74) is -2.44. The summed E-state index contributed by atoms with van der Waals surface area (Å²) in [5, 5.41) is 11.0. The molecule has 0 aliphatic heterocycles. The molecule has 2 aromatic carbocycles. The zero-order valence-electron chi connectivity index (χ0n) is 10.6. The molecular weight excluding hydrogens is 289 g/mol. The maximum absolute atomic E-state index is 13.0. The summed E-state index contributed by atoms with van der Waals surface area (Å²) < 4.78 is 39.1. The quantitative estimate of drug-likeness (QED) is 0.858. The van der Waals surface area contributed by atoms with E-state index in [1.165, 1.54) is 49.4 Å². The van der Waals surface area contributed by atoms with Crippen molar-refractivity contribution >= 4 is 11.6 Å². The van der Waals surface area contributed by atoms with Crippen molar-refractivity contribution in [2.75, 3.05) is 0 Å². The van der Waals surface area contributed by atoms with Crippen LogP contribution in [-0.2, 0) is 11.8 Å². The standard InChI is InChI=1S/C15H12ClF3O/c1-14(20,10-6-8-11(16)9-7-10)12-4-2-3-5-13(12)15(17,18)19/h2-9,20H,1H3. The maximum atomic E-state index is 13.0. The minimum atomic E-state index is -4.52. The lowest BCUT2D eigenvalue weighted by molar-refractivity contribution is -0.139. The van der Waals surface area contributed by atoms with E-state index < -0.39 is 17.3 Å². The van der Waals surface area contributed by atoms with Gasteiger partial charge in [-0.25, -0.2) is 0 Å². The predicted octanol–water partition coefficient (Wildman–Crippen LogP) is 4.61. The van der Waals surface area contributed by atoms with E-state index in [1.54, 1.807) is 0 Å². The highest BCUT2D eigenvalue weighted by Gasteiger charge is 2.39. The topological polar surface area (TPSA) is 20.2 Å². The van der Waals surface area contributed by atoms with Crippen LogP contribution in [0.1, 0.15) is 23.6 Å². The first-order valence-electron chi connectivity index (χ1n) is 5.88. The Balaban J connectivity index is 2.57. The van der Waals surface area contributed by atoms with E-state index in [0.717, 1.165) is 6.07 Å². The van der Waals surface area contributed by atoms with Crippen LogP contribution >= 0.6 is 11.6 Å². The second kappa shape index (κ2) is 5.11. The fourth-order valence-corrected chi connectivity index (χ4v) is 2.21. The van der Waals surface area contributed by atoms with Gasteiger partial charge in [-0.1, -0.05) is 41.9 Å². The highest BCUT2D eigenvalue weighted by atomic mass is 35.5. The Morgan fingerprint density at radius 2 is 1.40 bits per heavy atom. The summed E-state index contributed by atoms with van der Waals surface area (Å²) in [6, 6.07) is 11.1. The molecule has 1 unspecified atom stereocenters. The summed E-state index contributed by atoms with van der Waals surface area (Å²) in [5.74, 6) is 0. The molecule has 20 heavy (non-hydrogen) atoms. The van der Waals surface area contributed by atoms with Gasteiger partial charge in [0.1, 0.15) is 5.60 Å². The van der Waals surface area contributed by atoms with Crippen molar-refractivity contribution in [3.05, 3.63) is 70.2 Å². The molecule has 106 valence electrons. The molecule has 0 bridgehead atoms. The molecule has 0 fully saturated rings. The molecule has 0 spiro atoms. The molecule has 2 aromatic rings. The number of alkyl halides is 3. The summed E-state index contributed by atoms with van der Waals surface area (Å²) in [6.07, 6.45) is -4.52. The second-order valence-electron chi connectivity index (χ2n) is 4.62. The van der Waals surface area contributed by atoms with E-state index in [2.05, 4.69) is 0 Å².